The molecule has 15 heavy (non-hydrogen) atoms. The summed E-state index contributed by atoms with van der Waals surface area (Å²) < 4.78 is 0. The first kappa shape index (κ1) is 13.5. The molecule has 90 valence electrons. The number of hydrogen-bond acceptors (Lipinski definition) is 0. The number of rotatable bonds is 7. The quantitative estimate of drug-likeness (QED) is 0.534. The third kappa shape index (κ3) is 4.09. The van der Waals surface area contributed by atoms with E-state index in [-0.39, 0.29) is 0 Å². The summed E-state index contributed by atoms with van der Waals surface area (Å²) in [7, 11) is 0. The summed E-state index contributed by atoms with van der Waals surface area (Å²) in [6.07, 6.45) is 13.0. The Bertz CT molecular complexity index is 159. The van der Waals surface area contributed by atoms with Crippen molar-refractivity contribution in [1.29, 1.82) is 0 Å². The smallest absolute Gasteiger partial charge is 0.00880 e. The predicted molar refractivity (Wildman–Crippen MR) is 72.6 cm³/mol. The van der Waals surface area contributed by atoms with Gasteiger partial charge in [-0.1, -0.05) is 68.3 Å². The van der Waals surface area contributed by atoms with Gasteiger partial charge in [0.2, 0.25) is 0 Å². The highest BCUT2D eigenvalue weighted by Gasteiger charge is 2.34. The maximum atomic E-state index is 3.76. The molecule has 1 rings (SSSR count). The number of hydrogen-bond donors (Lipinski definition) is 0. The summed E-state index contributed by atoms with van der Waals surface area (Å²) in [6.45, 7) is 4.68. The molecule has 1 atom stereocenters. The molecule has 1 aliphatic carbocycles. The molecule has 1 unspecified atom stereocenters. The standard InChI is InChI=1S/C14H27Br/c1-3-5-8-13(4-2)11-14(12-15)9-6-7-10-14/h13H,3-12H2,1-2H3. The van der Waals surface area contributed by atoms with Crippen LogP contribution in [-0.2, 0) is 0 Å². The second kappa shape index (κ2) is 6.93. The summed E-state index contributed by atoms with van der Waals surface area (Å²) in [5.41, 5.74) is 0.675. The third-order valence-corrected chi connectivity index (χ3v) is 5.40. The van der Waals surface area contributed by atoms with Crippen molar-refractivity contribution in [2.45, 2.75) is 71.6 Å². The van der Waals surface area contributed by atoms with E-state index in [1.54, 1.807) is 0 Å². The van der Waals surface area contributed by atoms with Crippen molar-refractivity contribution in [2.75, 3.05) is 5.33 Å². The zero-order valence-corrected chi connectivity index (χ0v) is 12.1. The maximum absolute atomic E-state index is 3.76. The second-order valence-corrected chi connectivity index (χ2v) is 6.02. The first-order chi connectivity index (χ1) is 7.26. The van der Waals surface area contributed by atoms with Crippen molar-refractivity contribution in [3.8, 4) is 0 Å². The van der Waals surface area contributed by atoms with Crippen LogP contribution in [0.4, 0.5) is 0 Å². The van der Waals surface area contributed by atoms with Gasteiger partial charge in [0.15, 0.2) is 0 Å². The second-order valence-electron chi connectivity index (χ2n) is 5.46. The van der Waals surface area contributed by atoms with Crippen LogP contribution in [-0.4, -0.2) is 5.33 Å². The topological polar surface area (TPSA) is 0 Å². The maximum Gasteiger partial charge on any atom is 0.00880 e. The molecule has 0 radical (unpaired) electrons. The fourth-order valence-corrected chi connectivity index (χ4v) is 3.86. The highest BCUT2D eigenvalue weighted by atomic mass is 79.9. The van der Waals surface area contributed by atoms with Crippen LogP contribution in [0.15, 0.2) is 0 Å². The van der Waals surface area contributed by atoms with Crippen LogP contribution in [0.5, 0.6) is 0 Å². The Morgan fingerprint density at radius 1 is 1.20 bits per heavy atom. The first-order valence-corrected chi connectivity index (χ1v) is 7.94. The first-order valence-electron chi connectivity index (χ1n) is 6.82. The molecular formula is C14H27Br. The molecular weight excluding hydrogens is 248 g/mol. The Balaban J connectivity index is 2.40. The minimum Gasteiger partial charge on any atom is -0.0922 e. The molecule has 1 fully saturated rings. The summed E-state index contributed by atoms with van der Waals surface area (Å²) in [6, 6.07) is 0. The summed E-state index contributed by atoms with van der Waals surface area (Å²) in [5.74, 6) is 0.987. The van der Waals surface area contributed by atoms with E-state index in [2.05, 4.69) is 29.8 Å². The molecule has 0 spiro atoms. The minimum atomic E-state index is 0.675. The lowest BCUT2D eigenvalue weighted by Crippen LogP contribution is -2.22. The van der Waals surface area contributed by atoms with Crippen molar-refractivity contribution in [3.63, 3.8) is 0 Å². The van der Waals surface area contributed by atoms with E-state index < -0.39 is 0 Å². The summed E-state index contributed by atoms with van der Waals surface area (Å²) in [4.78, 5) is 0. The van der Waals surface area contributed by atoms with Crippen molar-refractivity contribution >= 4 is 15.9 Å². The Morgan fingerprint density at radius 3 is 2.33 bits per heavy atom. The predicted octanol–water partition coefficient (Wildman–Crippen LogP) is 5.55. The molecule has 0 aromatic heterocycles. The summed E-state index contributed by atoms with van der Waals surface area (Å²) in [5, 5.41) is 1.24. The van der Waals surface area contributed by atoms with Crippen molar-refractivity contribution in [3.05, 3.63) is 0 Å². The van der Waals surface area contributed by atoms with E-state index >= 15 is 0 Å². The molecule has 0 heterocycles. The van der Waals surface area contributed by atoms with Gasteiger partial charge in [0.05, 0.1) is 0 Å². The van der Waals surface area contributed by atoms with Gasteiger partial charge >= 0.3 is 0 Å². The zero-order valence-electron chi connectivity index (χ0n) is 10.5. The van der Waals surface area contributed by atoms with Gasteiger partial charge < -0.3 is 0 Å². The molecule has 0 amide bonds. The molecule has 1 heteroatoms. The van der Waals surface area contributed by atoms with Gasteiger partial charge in [0.1, 0.15) is 0 Å². The lowest BCUT2D eigenvalue weighted by Gasteiger charge is -2.31. The summed E-state index contributed by atoms with van der Waals surface area (Å²) >= 11 is 3.76. The molecule has 0 aromatic carbocycles. The van der Waals surface area contributed by atoms with Crippen molar-refractivity contribution < 1.29 is 0 Å². The molecule has 1 saturated carbocycles. The molecule has 0 N–H and O–H groups in total. The van der Waals surface area contributed by atoms with E-state index in [1.807, 2.05) is 0 Å². The molecule has 0 aromatic rings. The average molecular weight is 275 g/mol. The largest absolute Gasteiger partial charge is 0.0922 e. The van der Waals surface area contributed by atoms with E-state index in [0.717, 1.165) is 5.92 Å². The van der Waals surface area contributed by atoms with Crippen molar-refractivity contribution in [2.24, 2.45) is 11.3 Å². The lowest BCUT2D eigenvalue weighted by atomic mass is 9.77. The van der Waals surface area contributed by atoms with Gasteiger partial charge in [0, 0.05) is 5.33 Å². The zero-order chi connectivity index (χ0) is 11.1. The monoisotopic (exact) mass is 274 g/mol. The van der Waals surface area contributed by atoms with Gasteiger partial charge in [-0.25, -0.2) is 0 Å². The van der Waals surface area contributed by atoms with Gasteiger partial charge in [0.25, 0.3) is 0 Å². The highest BCUT2D eigenvalue weighted by molar-refractivity contribution is 9.09. The van der Waals surface area contributed by atoms with Crippen molar-refractivity contribution in [1.82, 2.24) is 0 Å². The Kier molecular flexibility index (Phi) is 6.26. The highest BCUT2D eigenvalue weighted by Crippen LogP contribution is 2.45. The lowest BCUT2D eigenvalue weighted by molar-refractivity contribution is 0.238. The third-order valence-electron chi connectivity index (χ3n) is 4.21. The SMILES string of the molecule is CCCCC(CC)CC1(CBr)CCCC1. The molecule has 1 aliphatic rings. The average Bonchev–Trinajstić information content (AvgIpc) is 2.73. The molecule has 0 saturated heterocycles. The van der Waals surface area contributed by atoms with E-state index in [4.69, 9.17) is 0 Å². The number of halogens is 1. The van der Waals surface area contributed by atoms with Crippen LogP contribution in [0.2, 0.25) is 0 Å². The Hall–Kier alpha value is 0.480. The van der Waals surface area contributed by atoms with Crippen LogP contribution in [0.25, 0.3) is 0 Å². The normalized spacial score (nSPS) is 21.8. The van der Waals surface area contributed by atoms with Gasteiger partial charge in [-0.15, -0.1) is 0 Å². The molecule has 0 bridgehead atoms. The van der Waals surface area contributed by atoms with Crippen LogP contribution in [0.3, 0.4) is 0 Å². The Labute approximate surface area is 104 Å². The van der Waals surface area contributed by atoms with Gasteiger partial charge in [-0.05, 0) is 30.6 Å². The number of alkyl halides is 1. The number of unbranched alkanes of at least 4 members (excludes halogenated alkanes) is 1. The van der Waals surface area contributed by atoms with Gasteiger partial charge in [-0.2, -0.15) is 0 Å². The fraction of sp³-hybridized carbons (Fsp3) is 1.00. The fourth-order valence-electron chi connectivity index (χ4n) is 3.07. The van der Waals surface area contributed by atoms with Crippen LogP contribution in [0, 0.1) is 11.3 Å². The van der Waals surface area contributed by atoms with Crippen LogP contribution < -0.4 is 0 Å². The van der Waals surface area contributed by atoms with E-state index in [9.17, 15) is 0 Å². The van der Waals surface area contributed by atoms with E-state index in [0.29, 0.717) is 5.41 Å². The molecule has 0 aliphatic heterocycles. The Morgan fingerprint density at radius 2 is 1.87 bits per heavy atom. The molecule has 0 nitrogen and oxygen atoms in total. The van der Waals surface area contributed by atoms with Gasteiger partial charge in [-0.3, -0.25) is 0 Å². The minimum absolute atomic E-state index is 0.675. The van der Waals surface area contributed by atoms with Crippen LogP contribution in [0.1, 0.15) is 71.6 Å². The van der Waals surface area contributed by atoms with Crippen LogP contribution >= 0.6 is 15.9 Å². The van der Waals surface area contributed by atoms with E-state index in [1.165, 1.54) is 63.1 Å².